The van der Waals surface area contributed by atoms with Crippen LogP contribution in [-0.4, -0.2) is 12.6 Å². The van der Waals surface area contributed by atoms with Crippen LogP contribution < -0.4 is 5.32 Å². The zero-order valence-corrected chi connectivity index (χ0v) is 14.2. The summed E-state index contributed by atoms with van der Waals surface area (Å²) in [6.07, 6.45) is 14.5. The molecular formula is C19H37N. The zero-order chi connectivity index (χ0) is 14.4. The number of nitrogens with one attached hydrogen (secondary N) is 1. The fraction of sp³-hybridized carbons (Fsp3) is 1.00. The Bertz CT molecular complexity index is 262. The van der Waals surface area contributed by atoms with Crippen molar-refractivity contribution in [3.63, 3.8) is 0 Å². The summed E-state index contributed by atoms with van der Waals surface area (Å²) in [5.74, 6) is 3.97. The third kappa shape index (κ3) is 4.00. The summed E-state index contributed by atoms with van der Waals surface area (Å²) in [4.78, 5) is 0. The smallest absolute Gasteiger partial charge is 0.0126 e. The predicted octanol–water partition coefficient (Wildman–Crippen LogP) is 5.40. The fourth-order valence-corrected chi connectivity index (χ4v) is 5.01. The summed E-state index contributed by atoms with van der Waals surface area (Å²) < 4.78 is 0. The molecule has 1 nitrogen and oxygen atoms in total. The molecule has 2 saturated carbocycles. The van der Waals surface area contributed by atoms with Crippen LogP contribution in [0.3, 0.4) is 0 Å². The average molecular weight is 280 g/mol. The Morgan fingerprint density at radius 2 is 1.75 bits per heavy atom. The number of hydrogen-bond donors (Lipinski definition) is 1. The van der Waals surface area contributed by atoms with Crippen molar-refractivity contribution in [1.29, 1.82) is 0 Å². The molecule has 0 saturated heterocycles. The molecule has 5 unspecified atom stereocenters. The van der Waals surface area contributed by atoms with E-state index in [9.17, 15) is 0 Å². The van der Waals surface area contributed by atoms with Crippen molar-refractivity contribution in [2.45, 2.75) is 91.0 Å². The third-order valence-corrected chi connectivity index (χ3v) is 6.25. The van der Waals surface area contributed by atoms with Gasteiger partial charge in [0.25, 0.3) is 0 Å². The molecule has 1 heteroatoms. The quantitative estimate of drug-likeness (QED) is 0.658. The lowest BCUT2D eigenvalue weighted by molar-refractivity contribution is 0.136. The van der Waals surface area contributed by atoms with Crippen molar-refractivity contribution in [3.05, 3.63) is 0 Å². The highest BCUT2D eigenvalue weighted by Gasteiger charge is 2.37. The number of hydrogen-bond acceptors (Lipinski definition) is 1. The van der Waals surface area contributed by atoms with Crippen LogP contribution in [0.1, 0.15) is 85.0 Å². The van der Waals surface area contributed by atoms with Crippen molar-refractivity contribution < 1.29 is 0 Å². The SMILES string of the molecule is CCCNC(C1CCC(CC)C1)C1CCCCC1CC. The van der Waals surface area contributed by atoms with E-state index in [4.69, 9.17) is 0 Å². The van der Waals surface area contributed by atoms with Crippen LogP contribution in [0.15, 0.2) is 0 Å². The second-order valence-corrected chi connectivity index (χ2v) is 7.44. The van der Waals surface area contributed by atoms with E-state index in [-0.39, 0.29) is 0 Å². The molecule has 0 bridgehead atoms. The second kappa shape index (κ2) is 8.41. The molecule has 1 N–H and O–H groups in total. The molecule has 0 aromatic heterocycles. The Morgan fingerprint density at radius 1 is 0.950 bits per heavy atom. The normalized spacial score (nSPS) is 36.1. The maximum Gasteiger partial charge on any atom is 0.0126 e. The first-order valence-corrected chi connectivity index (χ1v) is 9.53. The molecule has 0 spiro atoms. The van der Waals surface area contributed by atoms with Crippen LogP contribution in [0.4, 0.5) is 0 Å². The van der Waals surface area contributed by atoms with Gasteiger partial charge in [0.05, 0.1) is 0 Å². The van der Waals surface area contributed by atoms with Crippen LogP contribution in [-0.2, 0) is 0 Å². The number of rotatable bonds is 7. The molecule has 0 amide bonds. The third-order valence-electron chi connectivity index (χ3n) is 6.25. The first kappa shape index (κ1) is 16.3. The fourth-order valence-electron chi connectivity index (χ4n) is 5.01. The maximum absolute atomic E-state index is 3.99. The highest BCUT2D eigenvalue weighted by molar-refractivity contribution is 4.92. The van der Waals surface area contributed by atoms with Gasteiger partial charge in [-0.25, -0.2) is 0 Å². The first-order chi connectivity index (χ1) is 9.80. The molecule has 0 radical (unpaired) electrons. The highest BCUT2D eigenvalue weighted by atomic mass is 14.9. The van der Waals surface area contributed by atoms with Gasteiger partial charge in [-0.1, -0.05) is 59.3 Å². The molecule has 0 heterocycles. The van der Waals surface area contributed by atoms with Crippen molar-refractivity contribution in [1.82, 2.24) is 5.32 Å². The van der Waals surface area contributed by atoms with Crippen LogP contribution >= 0.6 is 0 Å². The predicted molar refractivity (Wildman–Crippen MR) is 88.9 cm³/mol. The van der Waals surface area contributed by atoms with Gasteiger partial charge in [-0.15, -0.1) is 0 Å². The van der Waals surface area contributed by atoms with Crippen LogP contribution in [0.5, 0.6) is 0 Å². The van der Waals surface area contributed by atoms with Crippen molar-refractivity contribution in [3.8, 4) is 0 Å². The van der Waals surface area contributed by atoms with Gasteiger partial charge < -0.3 is 5.32 Å². The van der Waals surface area contributed by atoms with Crippen molar-refractivity contribution >= 4 is 0 Å². The minimum absolute atomic E-state index is 0.830. The van der Waals surface area contributed by atoms with Gasteiger partial charge in [0.2, 0.25) is 0 Å². The van der Waals surface area contributed by atoms with E-state index in [1.165, 1.54) is 70.8 Å². The molecule has 0 aromatic rings. The van der Waals surface area contributed by atoms with E-state index in [1.54, 1.807) is 0 Å². The topological polar surface area (TPSA) is 12.0 Å². The van der Waals surface area contributed by atoms with Crippen molar-refractivity contribution in [2.75, 3.05) is 6.54 Å². The molecule has 0 aromatic carbocycles. The van der Waals surface area contributed by atoms with E-state index in [0.29, 0.717) is 0 Å². The highest BCUT2D eigenvalue weighted by Crippen LogP contribution is 2.42. The first-order valence-electron chi connectivity index (χ1n) is 9.53. The maximum atomic E-state index is 3.99. The molecule has 20 heavy (non-hydrogen) atoms. The molecule has 2 aliphatic carbocycles. The Balaban J connectivity index is 2.01. The van der Waals surface area contributed by atoms with Gasteiger partial charge >= 0.3 is 0 Å². The van der Waals surface area contributed by atoms with Crippen LogP contribution in [0, 0.1) is 23.7 Å². The average Bonchev–Trinajstić information content (AvgIpc) is 2.97. The molecule has 118 valence electrons. The Hall–Kier alpha value is -0.0400. The van der Waals surface area contributed by atoms with E-state index in [2.05, 4.69) is 26.1 Å². The summed E-state index contributed by atoms with van der Waals surface area (Å²) in [5, 5.41) is 3.99. The Kier molecular flexibility index (Phi) is 6.87. The minimum atomic E-state index is 0.830. The lowest BCUT2D eigenvalue weighted by Gasteiger charge is -2.40. The molecule has 5 atom stereocenters. The van der Waals surface area contributed by atoms with Gasteiger partial charge in [-0.3, -0.25) is 0 Å². The summed E-state index contributed by atoms with van der Waals surface area (Å²) in [7, 11) is 0. The van der Waals surface area contributed by atoms with Gasteiger partial charge in [-0.05, 0) is 55.9 Å². The summed E-state index contributed by atoms with van der Waals surface area (Å²) in [6, 6.07) is 0.830. The van der Waals surface area contributed by atoms with E-state index >= 15 is 0 Å². The molecule has 2 fully saturated rings. The Labute approximate surface area is 127 Å². The lowest BCUT2D eigenvalue weighted by atomic mass is 9.70. The van der Waals surface area contributed by atoms with Crippen molar-refractivity contribution in [2.24, 2.45) is 23.7 Å². The van der Waals surface area contributed by atoms with E-state index in [1.807, 2.05) is 0 Å². The second-order valence-electron chi connectivity index (χ2n) is 7.44. The van der Waals surface area contributed by atoms with Crippen LogP contribution in [0.25, 0.3) is 0 Å². The molecule has 2 rings (SSSR count). The summed E-state index contributed by atoms with van der Waals surface area (Å²) in [6.45, 7) is 8.34. The minimum Gasteiger partial charge on any atom is -0.313 e. The molecular weight excluding hydrogens is 242 g/mol. The van der Waals surface area contributed by atoms with E-state index < -0.39 is 0 Å². The van der Waals surface area contributed by atoms with Crippen LogP contribution in [0.2, 0.25) is 0 Å². The van der Waals surface area contributed by atoms with Gasteiger partial charge in [0.15, 0.2) is 0 Å². The van der Waals surface area contributed by atoms with Gasteiger partial charge in [0.1, 0.15) is 0 Å². The largest absolute Gasteiger partial charge is 0.313 e. The summed E-state index contributed by atoms with van der Waals surface area (Å²) in [5.41, 5.74) is 0. The van der Waals surface area contributed by atoms with E-state index in [0.717, 1.165) is 29.7 Å². The lowest BCUT2D eigenvalue weighted by Crippen LogP contribution is -2.45. The molecule has 0 aliphatic heterocycles. The Morgan fingerprint density at radius 3 is 2.40 bits per heavy atom. The van der Waals surface area contributed by atoms with Gasteiger partial charge in [-0.2, -0.15) is 0 Å². The molecule has 2 aliphatic rings. The standard InChI is InChI=1S/C19H37N/c1-4-13-20-19(17-12-11-15(5-2)14-17)18-10-8-7-9-16(18)6-3/h15-20H,4-14H2,1-3H3. The summed E-state index contributed by atoms with van der Waals surface area (Å²) >= 11 is 0. The van der Waals surface area contributed by atoms with Gasteiger partial charge in [0, 0.05) is 6.04 Å². The monoisotopic (exact) mass is 279 g/mol. The zero-order valence-electron chi connectivity index (χ0n) is 14.2.